The average molecular weight is 192 g/mol. The third-order valence-electron chi connectivity index (χ3n) is 2.13. The molecule has 0 bridgehead atoms. The minimum atomic E-state index is -0.940. The van der Waals surface area contributed by atoms with Crippen molar-refractivity contribution in [3.8, 4) is 0 Å². The lowest BCUT2D eigenvalue weighted by molar-refractivity contribution is 0.0443. The number of aliphatic hydroxyl groups is 1. The standard InChI is InChI=1S/C12H16O2/c1-12(2,3)11(14)10(13)9-7-5-4-6-8-9/h4-8,11,14H,1-3H3. The van der Waals surface area contributed by atoms with Gasteiger partial charge in [0.2, 0.25) is 0 Å². The van der Waals surface area contributed by atoms with Crippen LogP contribution in [0, 0.1) is 5.41 Å². The van der Waals surface area contributed by atoms with Gasteiger partial charge in [0.15, 0.2) is 5.78 Å². The molecule has 0 saturated heterocycles. The molecular formula is C12H16O2. The molecule has 0 radical (unpaired) electrons. The van der Waals surface area contributed by atoms with Gasteiger partial charge in [-0.25, -0.2) is 0 Å². The number of hydrogen-bond donors (Lipinski definition) is 1. The lowest BCUT2D eigenvalue weighted by Crippen LogP contribution is -2.34. The zero-order chi connectivity index (χ0) is 10.8. The van der Waals surface area contributed by atoms with E-state index in [1.807, 2.05) is 26.8 Å². The summed E-state index contributed by atoms with van der Waals surface area (Å²) >= 11 is 0. The van der Waals surface area contributed by atoms with Crippen molar-refractivity contribution >= 4 is 5.78 Å². The highest BCUT2D eigenvalue weighted by Crippen LogP contribution is 2.22. The lowest BCUT2D eigenvalue weighted by atomic mass is 9.84. The summed E-state index contributed by atoms with van der Waals surface area (Å²) in [5.41, 5.74) is 0.155. The van der Waals surface area contributed by atoms with Crippen molar-refractivity contribution in [2.75, 3.05) is 0 Å². The zero-order valence-corrected chi connectivity index (χ0v) is 8.82. The van der Waals surface area contributed by atoms with E-state index < -0.39 is 11.5 Å². The molecule has 1 atom stereocenters. The van der Waals surface area contributed by atoms with Crippen LogP contribution in [0.2, 0.25) is 0 Å². The molecule has 0 heterocycles. The van der Waals surface area contributed by atoms with Gasteiger partial charge in [-0.1, -0.05) is 51.1 Å². The maximum Gasteiger partial charge on any atom is 0.191 e. The Morgan fingerprint density at radius 1 is 1.21 bits per heavy atom. The van der Waals surface area contributed by atoms with Crippen molar-refractivity contribution in [2.24, 2.45) is 5.41 Å². The third kappa shape index (κ3) is 2.42. The van der Waals surface area contributed by atoms with Gasteiger partial charge in [0.25, 0.3) is 0 Å². The van der Waals surface area contributed by atoms with Gasteiger partial charge >= 0.3 is 0 Å². The number of rotatable bonds is 2. The van der Waals surface area contributed by atoms with E-state index in [2.05, 4.69) is 0 Å². The largest absolute Gasteiger partial charge is 0.384 e. The van der Waals surface area contributed by atoms with Gasteiger partial charge in [-0.05, 0) is 5.41 Å². The predicted octanol–water partition coefficient (Wildman–Crippen LogP) is 2.28. The van der Waals surface area contributed by atoms with Crippen molar-refractivity contribution in [3.63, 3.8) is 0 Å². The van der Waals surface area contributed by atoms with E-state index in [4.69, 9.17) is 0 Å². The van der Waals surface area contributed by atoms with Crippen LogP contribution in [0.25, 0.3) is 0 Å². The van der Waals surface area contributed by atoms with E-state index in [1.54, 1.807) is 24.3 Å². The average Bonchev–Trinajstić information content (AvgIpc) is 2.15. The van der Waals surface area contributed by atoms with Gasteiger partial charge in [-0.3, -0.25) is 4.79 Å². The molecule has 0 amide bonds. The van der Waals surface area contributed by atoms with Crippen molar-refractivity contribution < 1.29 is 9.90 Å². The topological polar surface area (TPSA) is 37.3 Å². The Balaban J connectivity index is 2.87. The van der Waals surface area contributed by atoms with Gasteiger partial charge in [0, 0.05) is 5.56 Å². The summed E-state index contributed by atoms with van der Waals surface area (Å²) in [5, 5.41) is 9.76. The number of carbonyl (C=O) groups excluding carboxylic acids is 1. The van der Waals surface area contributed by atoms with Crippen molar-refractivity contribution in [3.05, 3.63) is 35.9 Å². The molecule has 0 aliphatic rings. The smallest absolute Gasteiger partial charge is 0.191 e. The van der Waals surface area contributed by atoms with E-state index in [0.717, 1.165) is 0 Å². The summed E-state index contributed by atoms with van der Waals surface area (Å²) in [6.07, 6.45) is -0.940. The van der Waals surface area contributed by atoms with E-state index in [1.165, 1.54) is 0 Å². The monoisotopic (exact) mass is 192 g/mol. The van der Waals surface area contributed by atoms with E-state index in [0.29, 0.717) is 5.56 Å². The van der Waals surface area contributed by atoms with Crippen LogP contribution in [-0.4, -0.2) is 17.0 Å². The predicted molar refractivity (Wildman–Crippen MR) is 56.2 cm³/mol. The Hall–Kier alpha value is -1.15. The summed E-state index contributed by atoms with van der Waals surface area (Å²) in [6.45, 7) is 5.54. The van der Waals surface area contributed by atoms with Crippen LogP contribution in [0.1, 0.15) is 31.1 Å². The first kappa shape index (κ1) is 10.9. The minimum Gasteiger partial charge on any atom is -0.384 e. The Bertz CT molecular complexity index is 309. The lowest BCUT2D eigenvalue weighted by Gasteiger charge is -2.24. The van der Waals surface area contributed by atoms with Crippen LogP contribution < -0.4 is 0 Å². The number of Topliss-reactive ketones (excluding diaryl/α,β-unsaturated/α-hetero) is 1. The Morgan fingerprint density at radius 3 is 2.14 bits per heavy atom. The van der Waals surface area contributed by atoms with Crippen LogP contribution in [-0.2, 0) is 0 Å². The Kier molecular flexibility index (Phi) is 3.06. The number of ketones is 1. The van der Waals surface area contributed by atoms with Crippen LogP contribution in [0.15, 0.2) is 30.3 Å². The Morgan fingerprint density at radius 2 is 1.71 bits per heavy atom. The zero-order valence-electron chi connectivity index (χ0n) is 8.82. The van der Waals surface area contributed by atoms with Gasteiger partial charge in [0.05, 0.1) is 0 Å². The van der Waals surface area contributed by atoms with Crippen LogP contribution >= 0.6 is 0 Å². The summed E-state index contributed by atoms with van der Waals surface area (Å²) < 4.78 is 0. The molecule has 0 spiro atoms. The Labute approximate surface area is 84.6 Å². The van der Waals surface area contributed by atoms with Gasteiger partial charge in [-0.2, -0.15) is 0 Å². The van der Waals surface area contributed by atoms with Crippen molar-refractivity contribution in [1.29, 1.82) is 0 Å². The second kappa shape index (κ2) is 3.93. The van der Waals surface area contributed by atoms with Crippen molar-refractivity contribution in [2.45, 2.75) is 26.9 Å². The summed E-state index contributed by atoms with van der Waals surface area (Å²) in [7, 11) is 0. The highest BCUT2D eigenvalue weighted by Gasteiger charge is 2.29. The number of carbonyl (C=O) groups is 1. The first-order valence-electron chi connectivity index (χ1n) is 4.70. The molecule has 1 rings (SSSR count). The molecule has 0 saturated carbocycles. The van der Waals surface area contributed by atoms with E-state index >= 15 is 0 Å². The van der Waals surface area contributed by atoms with Crippen LogP contribution in [0.5, 0.6) is 0 Å². The second-order valence-electron chi connectivity index (χ2n) is 4.50. The molecule has 1 unspecified atom stereocenters. The number of benzene rings is 1. The fourth-order valence-electron chi connectivity index (χ4n) is 1.15. The molecule has 1 N–H and O–H groups in total. The molecule has 0 aliphatic heterocycles. The van der Waals surface area contributed by atoms with E-state index in [9.17, 15) is 9.90 Å². The molecule has 1 aromatic carbocycles. The fourth-order valence-corrected chi connectivity index (χ4v) is 1.15. The third-order valence-corrected chi connectivity index (χ3v) is 2.13. The molecule has 0 aliphatic carbocycles. The molecule has 14 heavy (non-hydrogen) atoms. The molecule has 2 heteroatoms. The second-order valence-corrected chi connectivity index (χ2v) is 4.50. The van der Waals surface area contributed by atoms with Gasteiger partial charge in [0.1, 0.15) is 6.10 Å². The van der Waals surface area contributed by atoms with Crippen LogP contribution in [0.4, 0.5) is 0 Å². The highest BCUT2D eigenvalue weighted by molar-refractivity contribution is 5.99. The molecule has 0 aromatic heterocycles. The van der Waals surface area contributed by atoms with Crippen molar-refractivity contribution in [1.82, 2.24) is 0 Å². The normalized spacial score (nSPS) is 13.7. The maximum atomic E-state index is 11.7. The molecule has 2 nitrogen and oxygen atoms in total. The molecule has 0 fully saturated rings. The molecule has 1 aromatic rings. The van der Waals surface area contributed by atoms with Gasteiger partial charge in [-0.15, -0.1) is 0 Å². The molecular weight excluding hydrogens is 176 g/mol. The highest BCUT2D eigenvalue weighted by atomic mass is 16.3. The summed E-state index contributed by atoms with van der Waals surface area (Å²) in [4.78, 5) is 11.7. The first-order valence-corrected chi connectivity index (χ1v) is 4.70. The minimum absolute atomic E-state index is 0.210. The quantitative estimate of drug-likeness (QED) is 0.730. The van der Waals surface area contributed by atoms with Gasteiger partial charge < -0.3 is 5.11 Å². The fraction of sp³-hybridized carbons (Fsp3) is 0.417. The molecule has 76 valence electrons. The SMILES string of the molecule is CC(C)(C)C(O)C(=O)c1ccccc1. The summed E-state index contributed by atoms with van der Waals surface area (Å²) in [5.74, 6) is -0.210. The van der Waals surface area contributed by atoms with Crippen LogP contribution in [0.3, 0.4) is 0 Å². The van der Waals surface area contributed by atoms with E-state index in [-0.39, 0.29) is 5.78 Å². The summed E-state index contributed by atoms with van der Waals surface area (Å²) in [6, 6.07) is 8.88. The first-order chi connectivity index (χ1) is 6.43. The number of hydrogen-bond acceptors (Lipinski definition) is 2. The number of aliphatic hydroxyl groups excluding tert-OH is 1. The maximum absolute atomic E-state index is 11.7.